The number of aliphatic imine (C=N–C) groups is 1. The Labute approximate surface area is 90.9 Å². The van der Waals surface area contributed by atoms with Crippen LogP contribution in [0.25, 0.3) is 0 Å². The molecule has 0 amide bonds. The summed E-state index contributed by atoms with van der Waals surface area (Å²) in [4.78, 5) is 4.66. The van der Waals surface area contributed by atoms with Crippen molar-refractivity contribution in [1.82, 2.24) is 0 Å². The van der Waals surface area contributed by atoms with Crippen LogP contribution in [-0.2, 0) is 0 Å². The van der Waals surface area contributed by atoms with Crippen molar-refractivity contribution in [2.75, 3.05) is 0 Å². The fraction of sp³-hybridized carbons (Fsp3) is 0.214. The van der Waals surface area contributed by atoms with E-state index in [1.807, 2.05) is 18.2 Å². The number of allylic oxidation sites excluding steroid dienone is 3. The molecule has 1 aliphatic rings. The number of rotatable bonds is 1. The zero-order valence-corrected chi connectivity index (χ0v) is 9.03. The van der Waals surface area contributed by atoms with Gasteiger partial charge in [0, 0.05) is 5.71 Å². The highest BCUT2D eigenvalue weighted by Gasteiger charge is 2.06. The Hall–Kier alpha value is -1.63. The smallest absolute Gasteiger partial charge is 0.0662 e. The zero-order chi connectivity index (χ0) is 10.7. The van der Waals surface area contributed by atoms with Gasteiger partial charge in [-0.1, -0.05) is 36.9 Å². The van der Waals surface area contributed by atoms with Crippen molar-refractivity contribution in [3.8, 4) is 0 Å². The Kier molecular flexibility index (Phi) is 2.82. The normalized spacial score (nSPS) is 18.5. The minimum atomic E-state index is 1.00. The summed E-state index contributed by atoms with van der Waals surface area (Å²) >= 11 is 0. The average Bonchev–Trinajstić information content (AvgIpc) is 2.24. The molecule has 76 valence electrons. The second kappa shape index (κ2) is 4.26. The topological polar surface area (TPSA) is 12.4 Å². The SMILES string of the molecule is C=C1C=CCCC1=Nc1ccccc1C. The third kappa shape index (κ3) is 2.24. The van der Waals surface area contributed by atoms with Crippen molar-refractivity contribution in [3.05, 3.63) is 54.1 Å². The van der Waals surface area contributed by atoms with E-state index in [0.717, 1.165) is 29.8 Å². The Balaban J connectivity index is 2.34. The summed E-state index contributed by atoms with van der Waals surface area (Å²) in [5, 5.41) is 0. The predicted octanol–water partition coefficient (Wildman–Crippen LogP) is 3.97. The van der Waals surface area contributed by atoms with Crippen LogP contribution in [0.1, 0.15) is 18.4 Å². The number of hydrogen-bond acceptors (Lipinski definition) is 1. The van der Waals surface area contributed by atoms with Crippen LogP contribution < -0.4 is 0 Å². The Bertz CT molecular complexity index is 438. The van der Waals surface area contributed by atoms with Gasteiger partial charge in [0.15, 0.2) is 0 Å². The monoisotopic (exact) mass is 197 g/mol. The van der Waals surface area contributed by atoms with E-state index in [4.69, 9.17) is 0 Å². The first-order valence-electron chi connectivity index (χ1n) is 5.26. The van der Waals surface area contributed by atoms with Crippen LogP contribution in [0.2, 0.25) is 0 Å². The zero-order valence-electron chi connectivity index (χ0n) is 9.03. The summed E-state index contributed by atoms with van der Waals surface area (Å²) in [7, 11) is 0. The first-order valence-corrected chi connectivity index (χ1v) is 5.26. The third-order valence-electron chi connectivity index (χ3n) is 2.61. The minimum Gasteiger partial charge on any atom is -0.253 e. The van der Waals surface area contributed by atoms with E-state index in [-0.39, 0.29) is 0 Å². The van der Waals surface area contributed by atoms with Gasteiger partial charge in [0.05, 0.1) is 5.69 Å². The molecule has 0 spiro atoms. The molecule has 0 bridgehead atoms. The summed E-state index contributed by atoms with van der Waals surface area (Å²) in [6.45, 7) is 6.09. The number of nitrogens with zero attached hydrogens (tertiary/aromatic N) is 1. The Morgan fingerprint density at radius 2 is 2.07 bits per heavy atom. The van der Waals surface area contributed by atoms with E-state index in [1.165, 1.54) is 5.56 Å². The number of hydrogen-bond donors (Lipinski definition) is 0. The van der Waals surface area contributed by atoms with Gasteiger partial charge in [-0.25, -0.2) is 0 Å². The van der Waals surface area contributed by atoms with Gasteiger partial charge in [0.25, 0.3) is 0 Å². The summed E-state index contributed by atoms with van der Waals surface area (Å²) in [5.74, 6) is 0. The van der Waals surface area contributed by atoms with Gasteiger partial charge in [-0.15, -0.1) is 0 Å². The summed E-state index contributed by atoms with van der Waals surface area (Å²) < 4.78 is 0. The van der Waals surface area contributed by atoms with Gasteiger partial charge in [-0.3, -0.25) is 4.99 Å². The molecule has 1 aromatic rings. The average molecular weight is 197 g/mol. The number of benzene rings is 1. The predicted molar refractivity (Wildman–Crippen MR) is 65.8 cm³/mol. The molecule has 0 atom stereocenters. The molecule has 0 N–H and O–H groups in total. The highest BCUT2D eigenvalue weighted by atomic mass is 14.8. The van der Waals surface area contributed by atoms with Gasteiger partial charge in [0.2, 0.25) is 0 Å². The van der Waals surface area contributed by atoms with Crippen molar-refractivity contribution < 1.29 is 0 Å². The second-order valence-corrected chi connectivity index (χ2v) is 3.81. The molecular weight excluding hydrogens is 182 g/mol. The fourth-order valence-corrected chi connectivity index (χ4v) is 1.66. The van der Waals surface area contributed by atoms with Crippen molar-refractivity contribution >= 4 is 11.4 Å². The van der Waals surface area contributed by atoms with E-state index in [9.17, 15) is 0 Å². The molecule has 0 saturated carbocycles. The Morgan fingerprint density at radius 1 is 1.27 bits per heavy atom. The Morgan fingerprint density at radius 3 is 2.80 bits per heavy atom. The number of aryl methyl sites for hydroxylation is 1. The molecule has 0 fully saturated rings. The maximum absolute atomic E-state index is 4.66. The highest BCUT2D eigenvalue weighted by Crippen LogP contribution is 2.21. The van der Waals surface area contributed by atoms with Crippen LogP contribution in [0.5, 0.6) is 0 Å². The number of para-hydroxylation sites is 1. The molecule has 0 radical (unpaired) electrons. The molecule has 2 rings (SSSR count). The summed E-state index contributed by atoms with van der Waals surface area (Å²) in [6.07, 6.45) is 6.28. The van der Waals surface area contributed by atoms with E-state index < -0.39 is 0 Å². The summed E-state index contributed by atoms with van der Waals surface area (Å²) in [6, 6.07) is 8.19. The van der Waals surface area contributed by atoms with Crippen LogP contribution in [-0.4, -0.2) is 5.71 Å². The van der Waals surface area contributed by atoms with Gasteiger partial charge in [0.1, 0.15) is 0 Å². The first-order chi connectivity index (χ1) is 7.27. The van der Waals surface area contributed by atoms with Crippen molar-refractivity contribution in [1.29, 1.82) is 0 Å². The second-order valence-electron chi connectivity index (χ2n) is 3.81. The van der Waals surface area contributed by atoms with Crippen LogP contribution in [0.4, 0.5) is 5.69 Å². The van der Waals surface area contributed by atoms with Gasteiger partial charge in [-0.05, 0) is 37.0 Å². The quantitative estimate of drug-likeness (QED) is 0.646. The molecule has 15 heavy (non-hydrogen) atoms. The highest BCUT2D eigenvalue weighted by molar-refractivity contribution is 6.04. The van der Waals surface area contributed by atoms with Crippen molar-refractivity contribution in [2.45, 2.75) is 19.8 Å². The van der Waals surface area contributed by atoms with E-state index in [0.29, 0.717) is 0 Å². The lowest BCUT2D eigenvalue weighted by molar-refractivity contribution is 1.07. The molecule has 1 aromatic carbocycles. The lowest BCUT2D eigenvalue weighted by Gasteiger charge is -2.10. The molecule has 1 aliphatic carbocycles. The molecule has 0 heterocycles. The van der Waals surface area contributed by atoms with Crippen LogP contribution in [0.3, 0.4) is 0 Å². The minimum absolute atomic E-state index is 1.00. The maximum Gasteiger partial charge on any atom is 0.0662 e. The molecular formula is C14H15N. The molecule has 0 aliphatic heterocycles. The van der Waals surface area contributed by atoms with Crippen LogP contribution >= 0.6 is 0 Å². The maximum atomic E-state index is 4.66. The van der Waals surface area contributed by atoms with E-state index in [2.05, 4.69) is 36.7 Å². The van der Waals surface area contributed by atoms with Crippen molar-refractivity contribution in [3.63, 3.8) is 0 Å². The molecule has 0 aromatic heterocycles. The molecule has 0 unspecified atom stereocenters. The van der Waals surface area contributed by atoms with Crippen LogP contribution in [0.15, 0.2) is 53.6 Å². The summed E-state index contributed by atoms with van der Waals surface area (Å²) in [5.41, 5.74) is 4.44. The van der Waals surface area contributed by atoms with Crippen molar-refractivity contribution in [2.24, 2.45) is 4.99 Å². The van der Waals surface area contributed by atoms with Gasteiger partial charge >= 0.3 is 0 Å². The molecule has 1 heteroatoms. The largest absolute Gasteiger partial charge is 0.253 e. The van der Waals surface area contributed by atoms with Crippen LogP contribution in [0, 0.1) is 6.92 Å². The standard InChI is InChI=1S/C14H15N/c1-11-7-3-5-9-13(11)15-14-10-6-4-8-12(14)2/h3-4,6-8,10H,1,5,9H2,2H3. The van der Waals surface area contributed by atoms with E-state index in [1.54, 1.807) is 0 Å². The molecule has 1 nitrogen and oxygen atoms in total. The van der Waals surface area contributed by atoms with Gasteiger partial charge < -0.3 is 0 Å². The van der Waals surface area contributed by atoms with Gasteiger partial charge in [-0.2, -0.15) is 0 Å². The molecule has 0 saturated heterocycles. The first kappa shape index (κ1) is 9.91. The third-order valence-corrected chi connectivity index (χ3v) is 2.61. The van der Waals surface area contributed by atoms with E-state index >= 15 is 0 Å². The fourth-order valence-electron chi connectivity index (χ4n) is 1.66. The lowest BCUT2D eigenvalue weighted by atomic mass is 10.0. The lowest BCUT2D eigenvalue weighted by Crippen LogP contribution is -2.03.